The summed E-state index contributed by atoms with van der Waals surface area (Å²) in [4.78, 5) is 12.7. The van der Waals surface area contributed by atoms with E-state index >= 15 is 0 Å². The van der Waals surface area contributed by atoms with Crippen LogP contribution in [0.15, 0.2) is 0 Å². The molecule has 1 fully saturated rings. The molecule has 4 nitrogen and oxygen atoms in total. The Bertz CT molecular complexity index is 287. The number of carbonyl (C=O) groups is 1. The lowest BCUT2D eigenvalue weighted by Gasteiger charge is -2.11. The van der Waals surface area contributed by atoms with Crippen LogP contribution in [0.1, 0.15) is 13.3 Å². The first-order valence-electron chi connectivity index (χ1n) is 3.69. The second kappa shape index (κ2) is 3.22. The molecule has 0 radical (unpaired) electrons. The van der Waals surface area contributed by atoms with E-state index in [4.69, 9.17) is 10.7 Å². The van der Waals surface area contributed by atoms with E-state index in [1.807, 2.05) is 0 Å². The molecule has 6 heteroatoms. The molecule has 1 amide bonds. The molecule has 0 spiro atoms. The second-order valence-electron chi connectivity index (χ2n) is 2.67. The third kappa shape index (κ3) is 1.72. The quantitative estimate of drug-likeness (QED) is 0.613. The van der Waals surface area contributed by atoms with Crippen molar-refractivity contribution in [2.24, 2.45) is 0 Å². The van der Waals surface area contributed by atoms with Gasteiger partial charge in [-0.2, -0.15) is 0 Å². The molecule has 12 heavy (non-hydrogen) atoms. The van der Waals surface area contributed by atoms with Crippen LogP contribution in [0, 0.1) is 0 Å². The number of likely N-dealkylation sites (tertiary alicyclic amines) is 1. The topological polar surface area (TPSA) is 54.5 Å². The molecule has 0 aromatic rings. The molecule has 1 atom stereocenters. The van der Waals surface area contributed by atoms with Crippen molar-refractivity contribution in [2.75, 3.05) is 13.1 Å². The maximum Gasteiger partial charge on any atom is 0.244 e. The van der Waals surface area contributed by atoms with Gasteiger partial charge >= 0.3 is 0 Å². The zero-order valence-electron chi connectivity index (χ0n) is 6.66. The Morgan fingerprint density at radius 3 is 2.50 bits per heavy atom. The van der Waals surface area contributed by atoms with E-state index in [9.17, 15) is 13.2 Å². The summed E-state index contributed by atoms with van der Waals surface area (Å²) in [5.41, 5.74) is 0. The lowest BCUT2D eigenvalue weighted by molar-refractivity contribution is -0.127. The van der Waals surface area contributed by atoms with Crippen LogP contribution < -0.4 is 0 Å². The van der Waals surface area contributed by atoms with Crippen LogP contribution in [0.25, 0.3) is 0 Å². The van der Waals surface area contributed by atoms with Gasteiger partial charge < -0.3 is 4.90 Å². The molecule has 1 saturated heterocycles. The standard InChI is InChI=1S/C6H10ClNO3S/c1-2-8-4-3-5(6(8)9)12(7,10)11/h5H,2-4H2,1H3. The third-order valence-electron chi connectivity index (χ3n) is 1.97. The van der Waals surface area contributed by atoms with Crippen molar-refractivity contribution < 1.29 is 13.2 Å². The molecule has 1 rings (SSSR count). The van der Waals surface area contributed by atoms with E-state index in [-0.39, 0.29) is 5.91 Å². The van der Waals surface area contributed by atoms with E-state index in [0.717, 1.165) is 0 Å². The average molecular weight is 212 g/mol. The van der Waals surface area contributed by atoms with Crippen LogP contribution >= 0.6 is 10.7 Å². The van der Waals surface area contributed by atoms with Gasteiger partial charge in [0.05, 0.1) is 0 Å². The second-order valence-corrected chi connectivity index (χ2v) is 5.48. The number of amides is 1. The normalized spacial score (nSPS) is 25.0. The number of halogens is 1. The van der Waals surface area contributed by atoms with Gasteiger partial charge in [0.1, 0.15) is 0 Å². The molecule has 1 heterocycles. The van der Waals surface area contributed by atoms with Crippen molar-refractivity contribution in [1.82, 2.24) is 4.90 Å². The van der Waals surface area contributed by atoms with Crippen molar-refractivity contribution in [2.45, 2.75) is 18.6 Å². The number of hydrogen-bond acceptors (Lipinski definition) is 3. The van der Waals surface area contributed by atoms with Gasteiger partial charge in [-0.1, -0.05) is 0 Å². The SMILES string of the molecule is CCN1CCC(S(=O)(=O)Cl)C1=O. The molecular formula is C6H10ClNO3S. The maximum atomic E-state index is 11.2. The van der Waals surface area contributed by atoms with Crippen LogP contribution in [-0.4, -0.2) is 37.6 Å². The fourth-order valence-electron chi connectivity index (χ4n) is 1.29. The predicted molar refractivity (Wildman–Crippen MR) is 45.4 cm³/mol. The van der Waals surface area contributed by atoms with Gasteiger partial charge in [0.2, 0.25) is 15.0 Å². The number of nitrogens with zero attached hydrogens (tertiary/aromatic N) is 1. The first-order chi connectivity index (χ1) is 5.46. The van der Waals surface area contributed by atoms with Gasteiger partial charge in [0.15, 0.2) is 5.25 Å². The van der Waals surface area contributed by atoms with Crippen LogP contribution in [0.3, 0.4) is 0 Å². The monoisotopic (exact) mass is 211 g/mol. The smallest absolute Gasteiger partial charge is 0.244 e. The minimum atomic E-state index is -3.71. The largest absolute Gasteiger partial charge is 0.342 e. The van der Waals surface area contributed by atoms with Crippen LogP contribution in [-0.2, 0) is 13.8 Å². The number of hydrogen-bond donors (Lipinski definition) is 0. The van der Waals surface area contributed by atoms with E-state index in [0.29, 0.717) is 19.5 Å². The molecule has 0 aromatic carbocycles. The van der Waals surface area contributed by atoms with Crippen LogP contribution in [0.5, 0.6) is 0 Å². The molecule has 0 saturated carbocycles. The minimum Gasteiger partial charge on any atom is -0.342 e. The summed E-state index contributed by atoms with van der Waals surface area (Å²) in [6.45, 7) is 2.84. The molecule has 1 aliphatic rings. The average Bonchev–Trinajstić information content (AvgIpc) is 2.29. The third-order valence-corrected chi connectivity index (χ3v) is 3.73. The van der Waals surface area contributed by atoms with Crippen molar-refractivity contribution in [3.8, 4) is 0 Å². The molecular weight excluding hydrogens is 202 g/mol. The van der Waals surface area contributed by atoms with E-state index in [2.05, 4.69) is 0 Å². The molecule has 1 unspecified atom stereocenters. The van der Waals surface area contributed by atoms with Gasteiger partial charge in [-0.15, -0.1) is 0 Å². The molecule has 0 aliphatic carbocycles. The zero-order chi connectivity index (χ0) is 9.35. The summed E-state index contributed by atoms with van der Waals surface area (Å²) in [5.74, 6) is -0.368. The molecule has 1 aliphatic heterocycles. The Balaban J connectivity index is 2.81. The highest BCUT2D eigenvalue weighted by molar-refractivity contribution is 8.14. The maximum absolute atomic E-state index is 11.2. The van der Waals surface area contributed by atoms with Gasteiger partial charge in [-0.05, 0) is 13.3 Å². The van der Waals surface area contributed by atoms with E-state index in [1.165, 1.54) is 4.90 Å². The number of carbonyl (C=O) groups excluding carboxylic acids is 1. The summed E-state index contributed by atoms with van der Waals surface area (Å²) in [5, 5.41) is -1.01. The van der Waals surface area contributed by atoms with Gasteiger partial charge in [0, 0.05) is 23.8 Å². The summed E-state index contributed by atoms with van der Waals surface area (Å²) in [6, 6.07) is 0. The Morgan fingerprint density at radius 2 is 2.25 bits per heavy atom. The fourth-order valence-corrected chi connectivity index (χ4v) is 2.56. The van der Waals surface area contributed by atoms with Crippen LogP contribution in [0.2, 0.25) is 0 Å². The molecule has 70 valence electrons. The first kappa shape index (κ1) is 9.80. The Kier molecular flexibility index (Phi) is 2.63. The summed E-state index contributed by atoms with van der Waals surface area (Å²) >= 11 is 0. The van der Waals surface area contributed by atoms with Crippen molar-refractivity contribution in [3.05, 3.63) is 0 Å². The van der Waals surface area contributed by atoms with Crippen LogP contribution in [0.4, 0.5) is 0 Å². The highest BCUT2D eigenvalue weighted by Gasteiger charge is 2.39. The van der Waals surface area contributed by atoms with Crippen molar-refractivity contribution in [1.29, 1.82) is 0 Å². The van der Waals surface area contributed by atoms with Crippen molar-refractivity contribution in [3.63, 3.8) is 0 Å². The summed E-state index contributed by atoms with van der Waals surface area (Å²) in [7, 11) is 1.37. The Morgan fingerprint density at radius 1 is 1.67 bits per heavy atom. The van der Waals surface area contributed by atoms with Gasteiger partial charge in [-0.3, -0.25) is 4.79 Å². The van der Waals surface area contributed by atoms with Gasteiger partial charge in [-0.25, -0.2) is 8.42 Å². The predicted octanol–water partition coefficient (Wildman–Crippen LogP) is 0.176. The highest BCUT2D eigenvalue weighted by Crippen LogP contribution is 2.20. The summed E-state index contributed by atoms with van der Waals surface area (Å²) in [6.07, 6.45) is 0.318. The zero-order valence-corrected chi connectivity index (χ0v) is 8.23. The fraction of sp³-hybridized carbons (Fsp3) is 0.833. The molecule has 0 N–H and O–H groups in total. The number of rotatable bonds is 2. The minimum absolute atomic E-state index is 0.318. The Labute approximate surface area is 75.9 Å². The van der Waals surface area contributed by atoms with Crippen molar-refractivity contribution >= 4 is 25.6 Å². The summed E-state index contributed by atoms with van der Waals surface area (Å²) < 4.78 is 21.6. The Hall–Kier alpha value is -0.290. The lowest BCUT2D eigenvalue weighted by Crippen LogP contribution is -2.31. The molecule has 0 aromatic heterocycles. The first-order valence-corrected chi connectivity index (χ1v) is 6.06. The molecule has 0 bridgehead atoms. The lowest BCUT2D eigenvalue weighted by atomic mass is 10.4. The van der Waals surface area contributed by atoms with E-state index < -0.39 is 14.3 Å². The van der Waals surface area contributed by atoms with Gasteiger partial charge in [0.25, 0.3) is 0 Å². The van der Waals surface area contributed by atoms with E-state index in [1.54, 1.807) is 6.92 Å². The highest BCUT2D eigenvalue weighted by atomic mass is 35.7.